The predicted octanol–water partition coefficient (Wildman–Crippen LogP) is -0.0671. The van der Waals surface area contributed by atoms with E-state index >= 15 is 0 Å². The molecule has 2 heterocycles. The number of hydrogen-bond acceptors (Lipinski definition) is 4. The summed E-state index contributed by atoms with van der Waals surface area (Å²) in [5, 5.41) is 15.7. The number of hydrogen-bond donors (Lipinski definition) is 0. The average molecular weight is 396 g/mol. The van der Waals surface area contributed by atoms with Crippen molar-refractivity contribution in [3.05, 3.63) is 52.0 Å². The number of carbonyl (C=O) groups excluding carboxylic acids is 1. The van der Waals surface area contributed by atoms with Gasteiger partial charge in [-0.15, -0.1) is 0 Å². The van der Waals surface area contributed by atoms with Gasteiger partial charge >= 0.3 is 18.9 Å². The van der Waals surface area contributed by atoms with Crippen LogP contribution in [0.2, 0.25) is 0 Å². The SMILES string of the molecule is O=C([O-])c1cc(C2CCC2)n2nc(-c3ccc(Br)cc3F)cc2n1.[Li+]. The van der Waals surface area contributed by atoms with E-state index in [-0.39, 0.29) is 30.5 Å². The normalized spacial score (nSPS) is 14.2. The Kier molecular flexibility index (Phi) is 5.01. The molecule has 0 bridgehead atoms. The third-order valence-corrected chi connectivity index (χ3v) is 4.89. The molecule has 1 aliphatic rings. The number of nitrogens with zero attached hydrogens (tertiary/aromatic N) is 3. The number of carboxylic acids is 1. The van der Waals surface area contributed by atoms with Crippen molar-refractivity contribution in [2.24, 2.45) is 0 Å². The second-order valence-corrected chi connectivity index (χ2v) is 6.82. The third-order valence-electron chi connectivity index (χ3n) is 4.39. The summed E-state index contributed by atoms with van der Waals surface area (Å²) in [5.74, 6) is -1.48. The molecule has 1 aromatic carbocycles. The quantitative estimate of drug-likeness (QED) is 0.582. The molecule has 0 radical (unpaired) electrons. The van der Waals surface area contributed by atoms with E-state index in [1.54, 1.807) is 22.7 Å². The van der Waals surface area contributed by atoms with Gasteiger partial charge in [-0.1, -0.05) is 22.4 Å². The fraction of sp³-hybridized carbons (Fsp3) is 0.235. The van der Waals surface area contributed by atoms with Gasteiger partial charge < -0.3 is 9.90 Å². The summed E-state index contributed by atoms with van der Waals surface area (Å²) in [7, 11) is 0. The molecule has 4 rings (SSSR count). The van der Waals surface area contributed by atoms with E-state index in [1.165, 1.54) is 12.1 Å². The van der Waals surface area contributed by atoms with Crippen LogP contribution >= 0.6 is 15.9 Å². The van der Waals surface area contributed by atoms with Crippen molar-refractivity contribution in [3.8, 4) is 11.3 Å². The number of aromatic nitrogens is 3. The number of carbonyl (C=O) groups is 1. The number of aromatic carboxylic acids is 1. The molecular formula is C17H12BrFLiN3O2. The van der Waals surface area contributed by atoms with Crippen molar-refractivity contribution in [1.29, 1.82) is 0 Å². The van der Waals surface area contributed by atoms with Gasteiger partial charge in [0.05, 0.1) is 17.4 Å². The third kappa shape index (κ3) is 3.24. The topological polar surface area (TPSA) is 70.3 Å². The van der Waals surface area contributed by atoms with E-state index in [0.29, 0.717) is 21.4 Å². The van der Waals surface area contributed by atoms with Crippen molar-refractivity contribution in [1.82, 2.24) is 14.6 Å². The summed E-state index contributed by atoms with van der Waals surface area (Å²) >= 11 is 3.23. The van der Waals surface area contributed by atoms with E-state index in [4.69, 9.17) is 0 Å². The van der Waals surface area contributed by atoms with Crippen molar-refractivity contribution >= 4 is 27.5 Å². The molecule has 1 saturated carbocycles. The van der Waals surface area contributed by atoms with Crippen LogP contribution in [0.15, 0.2) is 34.8 Å². The molecule has 8 heteroatoms. The molecule has 0 saturated heterocycles. The number of fused-ring (bicyclic) bond motifs is 1. The summed E-state index contributed by atoms with van der Waals surface area (Å²) in [6.45, 7) is 0. The first-order valence-corrected chi connectivity index (χ1v) is 8.40. The van der Waals surface area contributed by atoms with E-state index in [2.05, 4.69) is 26.0 Å². The number of halogens is 2. The standard InChI is InChI=1S/C17H13BrFN3O2.Li/c18-10-4-5-11(12(19)6-10)13-8-16-20-14(17(23)24)7-15(22(16)21-13)9-2-1-3-9;/h4-9H,1-3H2,(H,23,24);/q;+1/p-1. The number of benzene rings is 1. The van der Waals surface area contributed by atoms with Gasteiger partial charge in [0.2, 0.25) is 0 Å². The minimum absolute atomic E-state index is 0. The van der Waals surface area contributed by atoms with E-state index in [1.807, 2.05) is 0 Å². The molecule has 1 fully saturated rings. The van der Waals surface area contributed by atoms with Gasteiger partial charge in [-0.3, -0.25) is 0 Å². The largest absolute Gasteiger partial charge is 1.00 e. The van der Waals surface area contributed by atoms with Crippen molar-refractivity contribution < 1.29 is 33.2 Å². The Morgan fingerprint density at radius 2 is 2.04 bits per heavy atom. The fourth-order valence-corrected chi connectivity index (χ4v) is 3.26. The van der Waals surface area contributed by atoms with Gasteiger partial charge in [0.1, 0.15) is 5.82 Å². The summed E-state index contributed by atoms with van der Waals surface area (Å²) in [6, 6.07) is 7.84. The van der Waals surface area contributed by atoms with Crippen molar-refractivity contribution in [2.75, 3.05) is 0 Å². The molecule has 0 unspecified atom stereocenters. The Labute approximate surface area is 163 Å². The van der Waals surface area contributed by atoms with Crippen LogP contribution < -0.4 is 24.0 Å². The number of carboxylic acid groups (broad SMARTS) is 1. The van der Waals surface area contributed by atoms with E-state index in [9.17, 15) is 14.3 Å². The van der Waals surface area contributed by atoms with Crippen LogP contribution in [0.25, 0.3) is 16.9 Å². The molecule has 3 aromatic rings. The van der Waals surface area contributed by atoms with Crippen LogP contribution in [0.4, 0.5) is 4.39 Å². The maximum Gasteiger partial charge on any atom is 1.00 e. The molecule has 0 aliphatic heterocycles. The van der Waals surface area contributed by atoms with Crippen LogP contribution in [0.5, 0.6) is 0 Å². The molecule has 1 aliphatic carbocycles. The first kappa shape index (κ1) is 18.1. The van der Waals surface area contributed by atoms with Gasteiger partial charge in [-0.05, 0) is 37.1 Å². The maximum atomic E-state index is 14.2. The Balaban J connectivity index is 0.00000182. The smallest absolute Gasteiger partial charge is 0.543 e. The minimum Gasteiger partial charge on any atom is -0.543 e. The second kappa shape index (κ2) is 6.91. The second-order valence-electron chi connectivity index (χ2n) is 5.91. The Bertz CT molecular complexity index is 972. The number of rotatable bonds is 3. The van der Waals surface area contributed by atoms with Crippen LogP contribution in [0.3, 0.4) is 0 Å². The molecule has 2 aromatic heterocycles. The zero-order chi connectivity index (χ0) is 16.8. The zero-order valence-corrected chi connectivity index (χ0v) is 15.1. The van der Waals surface area contributed by atoms with Crippen molar-refractivity contribution in [2.45, 2.75) is 25.2 Å². The van der Waals surface area contributed by atoms with Gasteiger partial charge in [0, 0.05) is 27.7 Å². The fourth-order valence-electron chi connectivity index (χ4n) is 2.93. The monoisotopic (exact) mass is 395 g/mol. The molecule has 5 nitrogen and oxygen atoms in total. The summed E-state index contributed by atoms with van der Waals surface area (Å²) < 4.78 is 16.5. The van der Waals surface area contributed by atoms with Gasteiger partial charge in [-0.25, -0.2) is 13.9 Å². The van der Waals surface area contributed by atoms with Gasteiger partial charge in [-0.2, -0.15) is 5.10 Å². The molecule has 0 spiro atoms. The first-order valence-electron chi connectivity index (χ1n) is 7.60. The molecular weight excluding hydrogens is 384 g/mol. The minimum atomic E-state index is -1.32. The molecule has 0 amide bonds. The molecule has 25 heavy (non-hydrogen) atoms. The zero-order valence-electron chi connectivity index (χ0n) is 13.5. The van der Waals surface area contributed by atoms with E-state index < -0.39 is 11.8 Å². The average Bonchev–Trinajstić information content (AvgIpc) is 2.89. The Morgan fingerprint density at radius 1 is 1.28 bits per heavy atom. The first-order chi connectivity index (χ1) is 11.5. The van der Waals surface area contributed by atoms with E-state index in [0.717, 1.165) is 25.0 Å². The molecule has 0 atom stereocenters. The Hall–Kier alpha value is -1.68. The summed E-state index contributed by atoms with van der Waals surface area (Å²) in [6.07, 6.45) is 3.06. The maximum absolute atomic E-state index is 14.2. The summed E-state index contributed by atoms with van der Waals surface area (Å²) in [5.41, 5.74) is 1.82. The molecule has 0 N–H and O–H groups in total. The predicted molar refractivity (Wildman–Crippen MR) is 87.0 cm³/mol. The van der Waals surface area contributed by atoms with Crippen LogP contribution in [-0.2, 0) is 0 Å². The van der Waals surface area contributed by atoms with Crippen LogP contribution in [0.1, 0.15) is 41.4 Å². The Morgan fingerprint density at radius 3 is 2.64 bits per heavy atom. The van der Waals surface area contributed by atoms with Gasteiger partial charge in [0.15, 0.2) is 5.65 Å². The van der Waals surface area contributed by atoms with Crippen LogP contribution in [0, 0.1) is 5.82 Å². The summed E-state index contributed by atoms with van der Waals surface area (Å²) in [4.78, 5) is 15.3. The van der Waals surface area contributed by atoms with Crippen molar-refractivity contribution in [3.63, 3.8) is 0 Å². The van der Waals surface area contributed by atoms with Gasteiger partial charge in [0.25, 0.3) is 0 Å². The van der Waals surface area contributed by atoms with Crippen LogP contribution in [-0.4, -0.2) is 20.6 Å². The molecule has 122 valence electrons.